The lowest BCUT2D eigenvalue weighted by Crippen LogP contribution is -2.52. The summed E-state index contributed by atoms with van der Waals surface area (Å²) in [5.41, 5.74) is 0.0914. The summed E-state index contributed by atoms with van der Waals surface area (Å²) in [6.07, 6.45) is -3.29. The molecule has 0 spiro atoms. The van der Waals surface area contributed by atoms with E-state index in [9.17, 15) is 21.6 Å². The van der Waals surface area contributed by atoms with Gasteiger partial charge in [-0.3, -0.25) is 4.99 Å². The minimum absolute atomic E-state index is 0. The van der Waals surface area contributed by atoms with Crippen LogP contribution in [0.5, 0.6) is 5.75 Å². The molecule has 0 fully saturated rings. The molecule has 0 aliphatic heterocycles. The molecule has 0 saturated carbocycles. The second-order valence-corrected chi connectivity index (χ2v) is 8.33. The van der Waals surface area contributed by atoms with Crippen LogP contribution in [0, 0.1) is 0 Å². The Morgan fingerprint density at radius 1 is 1.14 bits per heavy atom. The van der Waals surface area contributed by atoms with E-state index in [0.29, 0.717) is 19.0 Å². The topological polar surface area (TPSA) is 91.8 Å². The Balaban J connectivity index is 0.00000729. The predicted octanol–water partition coefficient (Wildman–Crippen LogP) is 2.24. The van der Waals surface area contributed by atoms with Crippen molar-refractivity contribution in [1.29, 1.82) is 0 Å². The fourth-order valence-electron chi connectivity index (χ4n) is 2.12. The lowest BCUT2D eigenvalue weighted by atomic mass is 10.1. The quantitative estimate of drug-likeness (QED) is 0.269. The number of hydrogen-bond donors (Lipinski definition) is 3. The number of guanidine groups is 1. The van der Waals surface area contributed by atoms with Crippen LogP contribution in [-0.4, -0.2) is 52.5 Å². The van der Waals surface area contributed by atoms with Crippen LogP contribution >= 0.6 is 24.0 Å². The van der Waals surface area contributed by atoms with E-state index in [1.807, 2.05) is 0 Å². The van der Waals surface area contributed by atoms with Gasteiger partial charge in [-0.05, 0) is 31.5 Å². The summed E-state index contributed by atoms with van der Waals surface area (Å²) in [7, 11) is -1.77. The monoisotopic (exact) mass is 538 g/mol. The molecule has 0 aromatic heterocycles. The van der Waals surface area contributed by atoms with Gasteiger partial charge in [-0.2, -0.15) is 13.2 Å². The largest absolute Gasteiger partial charge is 0.484 e. The van der Waals surface area contributed by atoms with Crippen LogP contribution in [0.3, 0.4) is 0 Å². The van der Waals surface area contributed by atoms with Crippen LogP contribution in [0.1, 0.15) is 19.4 Å². The van der Waals surface area contributed by atoms with Crippen LogP contribution in [0.15, 0.2) is 29.3 Å². The molecule has 0 aliphatic carbocycles. The standard InChI is InChI=1S/C16H25F3N4O3S.HI/c1-15(2,23-27(4,24)25)10-22-14(20-3)21-9-12-5-7-13(8-6-12)26-11-16(17,18)19;/h5-8,23H,9-11H2,1-4H3,(H2,20,21,22);1H. The third-order valence-electron chi connectivity index (χ3n) is 3.17. The molecule has 0 atom stereocenters. The lowest BCUT2D eigenvalue weighted by molar-refractivity contribution is -0.153. The molecule has 0 aliphatic rings. The van der Waals surface area contributed by atoms with E-state index < -0.39 is 28.3 Å². The van der Waals surface area contributed by atoms with Crippen molar-refractivity contribution in [1.82, 2.24) is 15.4 Å². The summed E-state index contributed by atoms with van der Waals surface area (Å²) < 4.78 is 66.2. The van der Waals surface area contributed by atoms with Crippen LogP contribution < -0.4 is 20.1 Å². The Morgan fingerprint density at radius 3 is 2.18 bits per heavy atom. The molecule has 0 heterocycles. The van der Waals surface area contributed by atoms with Gasteiger partial charge in [-0.15, -0.1) is 24.0 Å². The van der Waals surface area contributed by atoms with Crippen molar-refractivity contribution >= 4 is 40.0 Å². The van der Waals surface area contributed by atoms with Gasteiger partial charge in [-0.1, -0.05) is 12.1 Å². The van der Waals surface area contributed by atoms with Gasteiger partial charge in [-0.25, -0.2) is 13.1 Å². The first kappa shape index (κ1) is 26.7. The van der Waals surface area contributed by atoms with Gasteiger partial charge in [0.1, 0.15) is 5.75 Å². The zero-order valence-corrected chi connectivity index (χ0v) is 19.2. The molecule has 0 saturated heterocycles. The fraction of sp³-hybridized carbons (Fsp3) is 0.562. The van der Waals surface area contributed by atoms with Gasteiger partial charge in [0.05, 0.1) is 6.26 Å². The van der Waals surface area contributed by atoms with Gasteiger partial charge in [0.25, 0.3) is 0 Å². The first-order valence-corrected chi connectivity index (χ1v) is 9.91. The van der Waals surface area contributed by atoms with Crippen LogP contribution in [0.2, 0.25) is 0 Å². The first-order valence-electron chi connectivity index (χ1n) is 8.02. The number of aliphatic imine (C=N–C) groups is 1. The predicted molar refractivity (Wildman–Crippen MR) is 114 cm³/mol. The third kappa shape index (κ3) is 12.2. The number of hydrogen-bond acceptors (Lipinski definition) is 4. The van der Waals surface area contributed by atoms with Crippen molar-refractivity contribution in [2.24, 2.45) is 4.99 Å². The molecule has 12 heteroatoms. The summed E-state index contributed by atoms with van der Waals surface area (Å²) in [6.45, 7) is 2.80. The molecule has 1 rings (SSSR count). The van der Waals surface area contributed by atoms with Gasteiger partial charge < -0.3 is 15.4 Å². The van der Waals surface area contributed by atoms with E-state index in [1.165, 1.54) is 12.1 Å². The minimum Gasteiger partial charge on any atom is -0.484 e. The Morgan fingerprint density at radius 2 is 1.71 bits per heavy atom. The maximum atomic E-state index is 12.1. The lowest BCUT2D eigenvalue weighted by Gasteiger charge is -2.26. The first-order chi connectivity index (χ1) is 12.3. The average Bonchev–Trinajstić information content (AvgIpc) is 2.51. The van der Waals surface area contributed by atoms with E-state index in [0.717, 1.165) is 11.8 Å². The highest BCUT2D eigenvalue weighted by molar-refractivity contribution is 14.0. The molecule has 162 valence electrons. The number of nitrogens with zero attached hydrogens (tertiary/aromatic N) is 1. The Hall–Kier alpha value is -1.28. The van der Waals surface area contributed by atoms with Gasteiger partial charge >= 0.3 is 6.18 Å². The second kappa shape index (κ2) is 11.0. The van der Waals surface area contributed by atoms with Crippen LogP contribution in [0.4, 0.5) is 13.2 Å². The Bertz CT molecular complexity index is 738. The average molecular weight is 538 g/mol. The SMILES string of the molecule is CN=C(NCc1ccc(OCC(F)(F)F)cc1)NCC(C)(C)NS(C)(=O)=O.I. The number of benzene rings is 1. The highest BCUT2D eigenvalue weighted by Gasteiger charge is 2.28. The molecule has 28 heavy (non-hydrogen) atoms. The fourth-order valence-corrected chi connectivity index (χ4v) is 3.19. The van der Waals surface area contributed by atoms with Crippen molar-refractivity contribution < 1.29 is 26.3 Å². The normalized spacial score (nSPS) is 12.9. The van der Waals surface area contributed by atoms with Crippen molar-refractivity contribution in [3.8, 4) is 5.75 Å². The third-order valence-corrected chi connectivity index (χ3v) is 4.09. The van der Waals surface area contributed by atoms with E-state index in [1.54, 1.807) is 33.0 Å². The van der Waals surface area contributed by atoms with Crippen molar-refractivity contribution in [3.05, 3.63) is 29.8 Å². The van der Waals surface area contributed by atoms with E-state index in [4.69, 9.17) is 0 Å². The highest BCUT2D eigenvalue weighted by Crippen LogP contribution is 2.18. The van der Waals surface area contributed by atoms with Gasteiger partial charge in [0.2, 0.25) is 10.0 Å². The summed E-state index contributed by atoms with van der Waals surface area (Å²) in [5.74, 6) is 0.586. The molecule has 0 unspecified atom stereocenters. The number of sulfonamides is 1. The molecule has 1 aromatic carbocycles. The second-order valence-electron chi connectivity index (χ2n) is 6.59. The molecule has 7 nitrogen and oxygen atoms in total. The van der Waals surface area contributed by atoms with E-state index >= 15 is 0 Å². The number of rotatable bonds is 8. The van der Waals surface area contributed by atoms with Crippen molar-refractivity contribution in [3.63, 3.8) is 0 Å². The minimum atomic E-state index is -4.38. The van der Waals surface area contributed by atoms with E-state index in [-0.39, 0.29) is 29.7 Å². The highest BCUT2D eigenvalue weighted by atomic mass is 127. The Kier molecular flexibility index (Phi) is 10.5. The Labute approximate surface area is 180 Å². The zero-order chi connectivity index (χ0) is 20.7. The molecule has 3 N–H and O–H groups in total. The summed E-state index contributed by atoms with van der Waals surface area (Å²) >= 11 is 0. The van der Waals surface area contributed by atoms with Crippen molar-refractivity contribution in [2.75, 3.05) is 26.5 Å². The molecule has 0 radical (unpaired) electrons. The molecular formula is C16H26F3IN4O3S. The summed E-state index contributed by atoms with van der Waals surface area (Å²) in [5, 5.41) is 6.05. The number of ether oxygens (including phenoxy) is 1. The van der Waals surface area contributed by atoms with E-state index in [2.05, 4.69) is 25.1 Å². The maximum Gasteiger partial charge on any atom is 0.422 e. The number of halogens is 4. The van der Waals surface area contributed by atoms with Crippen LogP contribution in [-0.2, 0) is 16.6 Å². The molecule has 0 amide bonds. The van der Waals surface area contributed by atoms with Gasteiger partial charge in [0.15, 0.2) is 12.6 Å². The molecule has 0 bridgehead atoms. The molecule has 1 aromatic rings. The zero-order valence-electron chi connectivity index (χ0n) is 16.1. The maximum absolute atomic E-state index is 12.1. The summed E-state index contributed by atoms with van der Waals surface area (Å²) in [6, 6.07) is 6.19. The van der Waals surface area contributed by atoms with Crippen LogP contribution in [0.25, 0.3) is 0 Å². The number of alkyl halides is 3. The van der Waals surface area contributed by atoms with Gasteiger partial charge in [0, 0.05) is 25.7 Å². The molecular weight excluding hydrogens is 512 g/mol. The summed E-state index contributed by atoms with van der Waals surface area (Å²) in [4.78, 5) is 4.04. The van der Waals surface area contributed by atoms with Crippen molar-refractivity contribution in [2.45, 2.75) is 32.1 Å². The number of nitrogens with one attached hydrogen (secondary N) is 3. The smallest absolute Gasteiger partial charge is 0.422 e.